The molecule has 0 saturated carbocycles. The molecule has 1 fully saturated rings. The van der Waals surface area contributed by atoms with Gasteiger partial charge in [0.15, 0.2) is 0 Å². The van der Waals surface area contributed by atoms with Gasteiger partial charge in [0.25, 0.3) is 0 Å². The molecule has 0 aliphatic carbocycles. The van der Waals surface area contributed by atoms with Crippen molar-refractivity contribution in [2.45, 2.75) is 13.6 Å². The minimum Gasteiger partial charge on any atom is -0.492 e. The van der Waals surface area contributed by atoms with Gasteiger partial charge in [-0.05, 0) is 67.7 Å². The van der Waals surface area contributed by atoms with Crippen LogP contribution in [0.5, 0.6) is 5.75 Å². The van der Waals surface area contributed by atoms with E-state index in [9.17, 15) is 0 Å². The predicted molar refractivity (Wildman–Crippen MR) is 125 cm³/mol. The molecule has 1 aliphatic rings. The molecule has 164 valence electrons. The molecule has 1 aliphatic heterocycles. The van der Waals surface area contributed by atoms with Crippen LogP contribution in [0.15, 0.2) is 40.8 Å². The number of halogens is 1. The molecule has 3 heterocycles. The molecular formula is C22H26ClN5O2S. The highest BCUT2D eigenvalue weighted by atomic mass is 35.5. The van der Waals surface area contributed by atoms with E-state index >= 15 is 0 Å². The number of hydrogen-bond acceptors (Lipinski definition) is 6. The van der Waals surface area contributed by atoms with Gasteiger partial charge in [-0.15, -0.1) is 0 Å². The van der Waals surface area contributed by atoms with Gasteiger partial charge in [-0.2, -0.15) is 4.98 Å². The molecule has 0 unspecified atom stereocenters. The van der Waals surface area contributed by atoms with Gasteiger partial charge >= 0.3 is 0 Å². The Balaban J connectivity index is 1.21. The van der Waals surface area contributed by atoms with Crippen molar-refractivity contribution in [3.05, 3.63) is 63.5 Å². The number of H-pyrrole nitrogens is 1. The summed E-state index contributed by atoms with van der Waals surface area (Å²) in [7, 11) is 0. The Morgan fingerprint density at radius 1 is 1.10 bits per heavy atom. The second-order valence-electron chi connectivity index (χ2n) is 7.50. The van der Waals surface area contributed by atoms with Crippen molar-refractivity contribution in [2.75, 3.05) is 39.3 Å². The molecule has 2 aromatic heterocycles. The van der Waals surface area contributed by atoms with Crippen LogP contribution in [-0.4, -0.2) is 63.9 Å². The molecule has 1 saturated heterocycles. The Morgan fingerprint density at radius 3 is 2.55 bits per heavy atom. The topological polar surface area (TPSA) is 62.5 Å². The maximum atomic E-state index is 5.90. The summed E-state index contributed by atoms with van der Waals surface area (Å²) in [6.07, 6.45) is 3.76. The molecule has 3 aromatic rings. The number of piperazine rings is 1. The SMILES string of the molecule is Cc1ccc(/C=C/c2nc(=S)n(CN3CCN(CCOc4ccc(Cl)cc4)CC3)[nH]2)o1. The first-order valence-electron chi connectivity index (χ1n) is 10.3. The van der Waals surface area contributed by atoms with Crippen LogP contribution in [0.2, 0.25) is 5.02 Å². The van der Waals surface area contributed by atoms with Crippen molar-refractivity contribution < 1.29 is 9.15 Å². The minimum absolute atomic E-state index is 0.550. The van der Waals surface area contributed by atoms with Gasteiger partial charge in [0, 0.05) is 37.7 Å². The van der Waals surface area contributed by atoms with Crippen LogP contribution in [0.3, 0.4) is 0 Å². The lowest BCUT2D eigenvalue weighted by atomic mass is 10.3. The van der Waals surface area contributed by atoms with Crippen molar-refractivity contribution >= 4 is 36.0 Å². The third kappa shape index (κ3) is 6.30. The van der Waals surface area contributed by atoms with Gasteiger partial charge in [0.1, 0.15) is 29.7 Å². The van der Waals surface area contributed by atoms with Gasteiger partial charge in [-0.25, -0.2) is 4.68 Å². The maximum Gasteiger partial charge on any atom is 0.217 e. The summed E-state index contributed by atoms with van der Waals surface area (Å²) < 4.78 is 13.8. The highest BCUT2D eigenvalue weighted by Gasteiger charge is 2.17. The molecule has 1 N–H and O–H groups in total. The van der Waals surface area contributed by atoms with Crippen molar-refractivity contribution in [1.29, 1.82) is 0 Å². The zero-order valence-electron chi connectivity index (χ0n) is 17.5. The molecule has 9 heteroatoms. The third-order valence-corrected chi connectivity index (χ3v) is 5.72. The number of nitrogens with zero attached hydrogens (tertiary/aromatic N) is 4. The van der Waals surface area contributed by atoms with Crippen LogP contribution in [0.25, 0.3) is 12.2 Å². The number of aryl methyl sites for hydroxylation is 1. The first-order valence-corrected chi connectivity index (χ1v) is 11.1. The Labute approximate surface area is 191 Å². The fourth-order valence-electron chi connectivity index (χ4n) is 3.43. The largest absolute Gasteiger partial charge is 0.492 e. The summed E-state index contributed by atoms with van der Waals surface area (Å²) in [5.41, 5.74) is 0. The molecular weight excluding hydrogens is 434 g/mol. The van der Waals surface area contributed by atoms with Gasteiger partial charge in [0.2, 0.25) is 4.77 Å². The fourth-order valence-corrected chi connectivity index (χ4v) is 3.75. The zero-order chi connectivity index (χ0) is 21.6. The minimum atomic E-state index is 0.550. The smallest absolute Gasteiger partial charge is 0.217 e. The second-order valence-corrected chi connectivity index (χ2v) is 8.31. The van der Waals surface area contributed by atoms with E-state index in [2.05, 4.69) is 19.9 Å². The number of furan rings is 1. The van der Waals surface area contributed by atoms with E-state index in [1.54, 1.807) is 0 Å². The van der Waals surface area contributed by atoms with E-state index < -0.39 is 0 Å². The highest BCUT2D eigenvalue weighted by molar-refractivity contribution is 7.71. The maximum absolute atomic E-state index is 5.90. The Morgan fingerprint density at radius 2 is 1.84 bits per heavy atom. The number of nitrogens with one attached hydrogen (secondary N) is 1. The molecule has 0 amide bonds. The van der Waals surface area contributed by atoms with Crippen LogP contribution >= 0.6 is 23.8 Å². The summed E-state index contributed by atoms with van der Waals surface area (Å²) in [5.74, 6) is 3.25. The second kappa shape index (κ2) is 10.3. The van der Waals surface area contributed by atoms with E-state index in [-0.39, 0.29) is 0 Å². The zero-order valence-corrected chi connectivity index (χ0v) is 19.0. The number of aromatic nitrogens is 3. The first-order chi connectivity index (χ1) is 15.0. The normalized spacial score (nSPS) is 15.7. The van der Waals surface area contributed by atoms with Crippen LogP contribution in [0.4, 0.5) is 0 Å². The summed E-state index contributed by atoms with van der Waals surface area (Å²) >= 11 is 11.3. The van der Waals surface area contributed by atoms with Gasteiger partial charge in [-0.1, -0.05) is 11.6 Å². The fraction of sp³-hybridized carbons (Fsp3) is 0.364. The van der Waals surface area contributed by atoms with Crippen molar-refractivity contribution in [3.8, 4) is 5.75 Å². The first kappa shape index (κ1) is 21.8. The molecule has 4 rings (SSSR count). The summed E-state index contributed by atoms with van der Waals surface area (Å²) in [6.45, 7) is 8.13. The summed E-state index contributed by atoms with van der Waals surface area (Å²) in [5, 5.41) is 3.98. The number of benzene rings is 1. The standard InChI is InChI=1S/C22H26ClN5O2S/c1-17-2-5-20(30-17)8-9-21-24-22(31)28(25-21)16-27-12-10-26(11-13-27)14-15-29-19-6-3-18(23)4-7-19/h2-9H,10-16H2,1H3,(H,24,25,31)/b9-8+. The molecule has 7 nitrogen and oxygen atoms in total. The summed E-state index contributed by atoms with van der Waals surface area (Å²) in [4.78, 5) is 9.20. The molecule has 31 heavy (non-hydrogen) atoms. The number of ether oxygens (including phenoxy) is 1. The summed E-state index contributed by atoms with van der Waals surface area (Å²) in [6, 6.07) is 11.3. The molecule has 0 atom stereocenters. The Kier molecular flexibility index (Phi) is 7.24. The lowest BCUT2D eigenvalue weighted by Gasteiger charge is -2.34. The van der Waals surface area contributed by atoms with Gasteiger partial charge in [0.05, 0.1) is 6.67 Å². The lowest BCUT2D eigenvalue weighted by molar-refractivity contribution is 0.0921. The van der Waals surface area contributed by atoms with Crippen LogP contribution < -0.4 is 4.74 Å². The quantitative estimate of drug-likeness (QED) is 0.506. The average Bonchev–Trinajstić information content (AvgIpc) is 3.34. The van der Waals surface area contributed by atoms with E-state index in [4.69, 9.17) is 33.0 Å². The lowest BCUT2D eigenvalue weighted by Crippen LogP contribution is -2.47. The van der Waals surface area contributed by atoms with Gasteiger partial charge in [-0.3, -0.25) is 14.9 Å². The van der Waals surface area contributed by atoms with Crippen molar-refractivity contribution in [3.63, 3.8) is 0 Å². The van der Waals surface area contributed by atoms with Crippen molar-refractivity contribution in [2.24, 2.45) is 0 Å². The van der Waals surface area contributed by atoms with E-state index in [0.717, 1.165) is 60.8 Å². The van der Waals surface area contributed by atoms with E-state index in [1.165, 1.54) is 0 Å². The van der Waals surface area contributed by atoms with Crippen molar-refractivity contribution in [1.82, 2.24) is 24.6 Å². The van der Waals surface area contributed by atoms with E-state index in [0.29, 0.717) is 18.0 Å². The average molecular weight is 460 g/mol. The number of aromatic amines is 1. The monoisotopic (exact) mass is 459 g/mol. The van der Waals surface area contributed by atoms with Gasteiger partial charge < -0.3 is 9.15 Å². The van der Waals surface area contributed by atoms with E-state index in [1.807, 2.05) is 60.2 Å². The van der Waals surface area contributed by atoms with Crippen LogP contribution in [0, 0.1) is 11.7 Å². The molecule has 0 spiro atoms. The highest BCUT2D eigenvalue weighted by Crippen LogP contribution is 2.15. The number of hydrogen-bond donors (Lipinski definition) is 1. The molecule has 1 aromatic carbocycles. The predicted octanol–water partition coefficient (Wildman–Crippen LogP) is 4.32. The molecule has 0 radical (unpaired) electrons. The van der Waals surface area contributed by atoms with Crippen LogP contribution in [-0.2, 0) is 6.67 Å². The Hall–Kier alpha value is -2.39. The Bertz CT molecular complexity index is 1060. The molecule has 0 bridgehead atoms. The van der Waals surface area contributed by atoms with Crippen LogP contribution in [0.1, 0.15) is 17.3 Å². The third-order valence-electron chi connectivity index (χ3n) is 5.16. The number of rotatable bonds is 8.